The number of anilines is 1. The van der Waals surface area contributed by atoms with Gasteiger partial charge in [0.1, 0.15) is 18.3 Å². The number of nitrogen functional groups attached to an aromatic ring is 1. The number of hydrogen-bond donors (Lipinski definition) is 6. The minimum absolute atomic E-state index is 0.104. The molecular weight excluding hydrogens is 322 g/mol. The molecule has 0 radical (unpaired) electrons. The highest BCUT2D eigenvalue weighted by Gasteiger charge is 2.46. The second kappa shape index (κ2) is 6.11. The molecule has 1 fully saturated rings. The van der Waals surface area contributed by atoms with Crippen LogP contribution in [0.2, 0.25) is 0 Å². The molecule has 11 heteroatoms. The van der Waals surface area contributed by atoms with E-state index in [2.05, 4.69) is 9.97 Å². The number of aliphatic hydroxyl groups excluding tert-OH is 4. The predicted octanol–water partition coefficient (Wildman–Crippen LogP) is -3.41. The van der Waals surface area contributed by atoms with E-state index in [4.69, 9.17) is 10.5 Å². The molecule has 0 aliphatic carbocycles. The Morgan fingerprint density at radius 1 is 1.50 bits per heavy atom. The molecule has 5 atom stereocenters. The van der Waals surface area contributed by atoms with Crippen LogP contribution in [0.5, 0.6) is 0 Å². The van der Waals surface area contributed by atoms with Gasteiger partial charge in [-0.2, -0.15) is 0 Å². The Bertz CT molecular complexity index is 802. The summed E-state index contributed by atoms with van der Waals surface area (Å²) in [4.78, 5) is 18.7. The van der Waals surface area contributed by atoms with E-state index in [9.17, 15) is 25.2 Å². The zero-order chi connectivity index (χ0) is 17.6. The summed E-state index contributed by atoms with van der Waals surface area (Å²) in [6.45, 7) is 1.19. The van der Waals surface area contributed by atoms with Crippen molar-refractivity contribution in [2.45, 2.75) is 44.1 Å². The largest absolute Gasteiger partial charge is 0.394 e. The lowest BCUT2D eigenvalue weighted by Crippen LogP contribution is -2.46. The summed E-state index contributed by atoms with van der Waals surface area (Å²) < 4.78 is 8.28. The van der Waals surface area contributed by atoms with Gasteiger partial charge in [0, 0.05) is 0 Å². The second-order valence-corrected chi connectivity index (χ2v) is 5.88. The quantitative estimate of drug-likeness (QED) is 0.312. The van der Waals surface area contributed by atoms with Gasteiger partial charge >= 0.3 is 5.65 Å². The second-order valence-electron chi connectivity index (χ2n) is 5.88. The van der Waals surface area contributed by atoms with Crippen molar-refractivity contribution in [2.24, 2.45) is 0 Å². The zero-order valence-corrected chi connectivity index (χ0v) is 12.9. The smallest absolute Gasteiger partial charge is 0.313 e. The summed E-state index contributed by atoms with van der Waals surface area (Å²) in [7, 11) is 0. The van der Waals surface area contributed by atoms with E-state index < -0.39 is 42.8 Å². The van der Waals surface area contributed by atoms with E-state index in [1.807, 2.05) is 0 Å². The first-order valence-corrected chi connectivity index (χ1v) is 7.43. The van der Waals surface area contributed by atoms with Gasteiger partial charge in [0.05, 0.1) is 19.3 Å². The SMILES string of the molecule is CC(O)Cn1c[n+](C2O[C@@H](CO)[C@H](O)[C@@H]2O)c2nc(N)[nH]c(=O)c21. The van der Waals surface area contributed by atoms with Crippen LogP contribution >= 0.6 is 0 Å². The summed E-state index contributed by atoms with van der Waals surface area (Å²) in [5.41, 5.74) is 5.35. The summed E-state index contributed by atoms with van der Waals surface area (Å²) in [5, 5.41) is 38.9. The van der Waals surface area contributed by atoms with Gasteiger partial charge in [0.15, 0.2) is 6.33 Å². The summed E-state index contributed by atoms with van der Waals surface area (Å²) in [5.74, 6) is -0.122. The number of fused-ring (bicyclic) bond motifs is 1. The number of hydrogen-bond acceptors (Lipinski definition) is 8. The molecule has 2 unspecified atom stereocenters. The number of nitrogens with one attached hydrogen (secondary N) is 1. The Kier molecular flexibility index (Phi) is 4.27. The Hall–Kier alpha value is -2.05. The van der Waals surface area contributed by atoms with E-state index >= 15 is 0 Å². The predicted molar refractivity (Wildman–Crippen MR) is 79.7 cm³/mol. The van der Waals surface area contributed by atoms with E-state index in [1.54, 1.807) is 6.92 Å². The molecule has 1 aliphatic heterocycles. The molecule has 0 bridgehead atoms. The van der Waals surface area contributed by atoms with E-state index in [0.29, 0.717) is 0 Å². The fourth-order valence-corrected chi connectivity index (χ4v) is 2.89. The highest BCUT2D eigenvalue weighted by Crippen LogP contribution is 2.26. The first-order valence-electron chi connectivity index (χ1n) is 7.43. The van der Waals surface area contributed by atoms with Crippen LogP contribution in [-0.2, 0) is 11.3 Å². The van der Waals surface area contributed by atoms with E-state index in [1.165, 1.54) is 15.5 Å². The molecule has 0 spiro atoms. The normalized spacial score (nSPS) is 28.5. The third-order valence-electron chi connectivity index (χ3n) is 3.94. The molecule has 11 nitrogen and oxygen atoms in total. The lowest BCUT2D eigenvalue weighted by molar-refractivity contribution is -0.746. The highest BCUT2D eigenvalue weighted by atomic mass is 16.6. The van der Waals surface area contributed by atoms with Crippen LogP contribution in [0.3, 0.4) is 0 Å². The van der Waals surface area contributed by atoms with Crippen molar-refractivity contribution < 1.29 is 29.7 Å². The van der Waals surface area contributed by atoms with E-state index in [-0.39, 0.29) is 23.7 Å². The molecule has 1 aliphatic rings. The summed E-state index contributed by atoms with van der Waals surface area (Å²) in [6.07, 6.45) is -3.95. The summed E-state index contributed by atoms with van der Waals surface area (Å²) >= 11 is 0. The van der Waals surface area contributed by atoms with Gasteiger partial charge in [-0.15, -0.1) is 0 Å². The van der Waals surface area contributed by atoms with Crippen LogP contribution in [0.1, 0.15) is 13.2 Å². The number of H-pyrrole nitrogens is 1. The zero-order valence-electron chi connectivity index (χ0n) is 12.9. The van der Waals surface area contributed by atoms with Gasteiger partial charge in [0.25, 0.3) is 11.5 Å². The third-order valence-corrected chi connectivity index (χ3v) is 3.94. The lowest BCUT2D eigenvalue weighted by Gasteiger charge is -2.12. The number of aromatic amines is 1. The van der Waals surface area contributed by atoms with Gasteiger partial charge in [-0.3, -0.25) is 14.3 Å². The van der Waals surface area contributed by atoms with Crippen molar-refractivity contribution in [1.82, 2.24) is 14.5 Å². The minimum Gasteiger partial charge on any atom is -0.394 e. The average molecular weight is 342 g/mol. The first-order chi connectivity index (χ1) is 11.3. The fourth-order valence-electron chi connectivity index (χ4n) is 2.89. The standard InChI is InChI=1S/C13H19N5O6/c1-5(20)2-17-4-18(10-7(17)11(23)16-13(14)15-10)12-9(22)8(21)6(3-19)24-12/h4-6,8-9,12,19-22H,2-3H2,1H3,(H2-,14,15,16,23)/p+1/t5?,6-,8-,9-,12?/m0/s1. The molecule has 2 aromatic rings. The van der Waals surface area contributed by atoms with Crippen molar-refractivity contribution in [3.05, 3.63) is 16.7 Å². The average Bonchev–Trinajstić information content (AvgIpc) is 2.98. The van der Waals surface area contributed by atoms with Crippen molar-refractivity contribution in [3.8, 4) is 0 Å². The van der Waals surface area contributed by atoms with Crippen LogP contribution in [0, 0.1) is 0 Å². The molecule has 1 saturated heterocycles. The molecular formula is C13H20N5O6+. The molecule has 0 saturated carbocycles. The number of nitrogens with two attached hydrogens (primary N) is 1. The van der Waals surface area contributed by atoms with Gasteiger partial charge in [-0.05, 0) is 6.92 Å². The molecule has 0 amide bonds. The summed E-state index contributed by atoms with van der Waals surface area (Å²) in [6, 6.07) is 0. The number of aliphatic hydroxyl groups is 4. The maximum atomic E-state index is 12.2. The number of ether oxygens (including phenoxy) is 1. The van der Waals surface area contributed by atoms with Crippen molar-refractivity contribution in [2.75, 3.05) is 12.3 Å². The highest BCUT2D eigenvalue weighted by molar-refractivity contribution is 5.67. The van der Waals surface area contributed by atoms with Gasteiger partial charge in [-0.25, -0.2) is 4.57 Å². The van der Waals surface area contributed by atoms with Gasteiger partial charge < -0.3 is 30.9 Å². The van der Waals surface area contributed by atoms with Gasteiger partial charge in [0.2, 0.25) is 11.7 Å². The monoisotopic (exact) mass is 342 g/mol. The van der Waals surface area contributed by atoms with Crippen molar-refractivity contribution >= 4 is 17.1 Å². The molecule has 132 valence electrons. The number of rotatable bonds is 4. The number of nitrogens with zero attached hydrogens (tertiary/aromatic N) is 3. The third kappa shape index (κ3) is 2.65. The van der Waals surface area contributed by atoms with Crippen LogP contribution in [0.4, 0.5) is 5.95 Å². The number of aromatic nitrogens is 4. The lowest BCUT2D eigenvalue weighted by atomic mass is 10.1. The maximum absolute atomic E-state index is 12.2. The topological polar surface area (TPSA) is 171 Å². The Balaban J connectivity index is 2.16. The van der Waals surface area contributed by atoms with Crippen molar-refractivity contribution in [3.63, 3.8) is 0 Å². The van der Waals surface area contributed by atoms with Crippen LogP contribution in [0.15, 0.2) is 11.1 Å². The van der Waals surface area contributed by atoms with E-state index in [0.717, 1.165) is 0 Å². The number of imidazole rings is 1. The Morgan fingerprint density at radius 2 is 2.21 bits per heavy atom. The van der Waals surface area contributed by atoms with Crippen LogP contribution in [-0.4, -0.2) is 66.0 Å². The molecule has 24 heavy (non-hydrogen) atoms. The Labute approximate surface area is 135 Å². The molecule has 7 N–H and O–H groups in total. The molecule has 3 heterocycles. The van der Waals surface area contributed by atoms with Crippen LogP contribution < -0.4 is 15.9 Å². The molecule has 3 rings (SSSR count). The molecule has 2 aromatic heterocycles. The first kappa shape index (κ1) is 16.8. The van der Waals surface area contributed by atoms with Crippen LogP contribution in [0.25, 0.3) is 11.2 Å². The van der Waals surface area contributed by atoms with Gasteiger partial charge in [-0.1, -0.05) is 4.98 Å². The Morgan fingerprint density at radius 3 is 2.79 bits per heavy atom. The van der Waals surface area contributed by atoms with Crippen molar-refractivity contribution in [1.29, 1.82) is 0 Å². The molecule has 0 aromatic carbocycles. The minimum atomic E-state index is -1.33. The fraction of sp³-hybridized carbons (Fsp3) is 0.615. The maximum Gasteiger partial charge on any atom is 0.313 e.